The number of esters is 1. The molecule has 106 valence electrons. The highest BCUT2D eigenvalue weighted by Crippen LogP contribution is 2.23. The summed E-state index contributed by atoms with van der Waals surface area (Å²) in [6, 6.07) is 3.46. The Labute approximate surface area is 121 Å². The van der Waals surface area contributed by atoms with E-state index in [0.717, 1.165) is 0 Å². The lowest BCUT2D eigenvalue weighted by Crippen LogP contribution is -2.11. The second kappa shape index (κ2) is 7.50. The number of hydrogen-bond acceptors (Lipinski definition) is 6. The summed E-state index contributed by atoms with van der Waals surface area (Å²) in [4.78, 5) is 26.6. The fourth-order valence-electron chi connectivity index (χ4n) is 1.44. The molecule has 0 fully saturated rings. The van der Waals surface area contributed by atoms with Gasteiger partial charge in [-0.15, -0.1) is 11.8 Å². The normalized spacial score (nSPS) is 9.85. The molecule has 1 aromatic heterocycles. The Morgan fingerprint density at radius 2 is 2.25 bits per heavy atom. The van der Waals surface area contributed by atoms with Crippen molar-refractivity contribution in [1.82, 2.24) is 4.98 Å². The van der Waals surface area contributed by atoms with Crippen LogP contribution in [0.15, 0.2) is 11.1 Å². The first kappa shape index (κ1) is 16.0. The third kappa shape index (κ3) is 4.24. The Morgan fingerprint density at radius 3 is 2.80 bits per heavy atom. The lowest BCUT2D eigenvalue weighted by Gasteiger charge is -2.08. The molecule has 0 saturated carbocycles. The van der Waals surface area contributed by atoms with Crippen molar-refractivity contribution in [1.29, 1.82) is 5.26 Å². The quantitative estimate of drug-likeness (QED) is 0.627. The van der Waals surface area contributed by atoms with Gasteiger partial charge in [0.2, 0.25) is 5.91 Å². The molecule has 0 aliphatic heterocycles. The third-order valence-electron chi connectivity index (χ3n) is 2.38. The molecule has 0 unspecified atom stereocenters. The number of carbonyl (C=O) groups is 2. The number of rotatable bonds is 6. The van der Waals surface area contributed by atoms with E-state index in [0.29, 0.717) is 16.5 Å². The Bertz CT molecular complexity index is 567. The SMILES string of the molecule is CCOC(=O)c1cc(C#N)c(SCCC(N)=O)nc1C. The molecule has 0 aliphatic carbocycles. The van der Waals surface area contributed by atoms with Crippen LogP contribution in [0.4, 0.5) is 0 Å². The van der Waals surface area contributed by atoms with Crippen molar-refractivity contribution < 1.29 is 14.3 Å². The first-order valence-corrected chi connectivity index (χ1v) is 6.98. The van der Waals surface area contributed by atoms with Crippen LogP contribution in [0.25, 0.3) is 0 Å². The van der Waals surface area contributed by atoms with Crippen LogP contribution in [0.1, 0.15) is 35.0 Å². The standard InChI is InChI=1S/C13H15N3O3S/c1-3-19-13(18)10-6-9(7-14)12(16-8(10)2)20-5-4-11(15)17/h6H,3-5H2,1-2H3,(H2,15,17). The van der Waals surface area contributed by atoms with E-state index in [1.807, 2.05) is 6.07 Å². The summed E-state index contributed by atoms with van der Waals surface area (Å²) in [7, 11) is 0. The maximum Gasteiger partial charge on any atom is 0.340 e. The zero-order valence-corrected chi connectivity index (χ0v) is 12.1. The lowest BCUT2D eigenvalue weighted by molar-refractivity contribution is -0.117. The van der Waals surface area contributed by atoms with E-state index in [9.17, 15) is 9.59 Å². The Hall–Kier alpha value is -2.07. The fourth-order valence-corrected chi connectivity index (χ4v) is 2.40. The predicted molar refractivity (Wildman–Crippen MR) is 74.2 cm³/mol. The molecule has 1 heterocycles. The lowest BCUT2D eigenvalue weighted by atomic mass is 10.1. The molecule has 7 heteroatoms. The minimum atomic E-state index is -0.498. The Kier molecular flexibility index (Phi) is 6.00. The van der Waals surface area contributed by atoms with Gasteiger partial charge in [-0.05, 0) is 19.9 Å². The molecule has 0 aliphatic rings. The zero-order valence-electron chi connectivity index (χ0n) is 11.3. The number of aromatic nitrogens is 1. The summed E-state index contributed by atoms with van der Waals surface area (Å²) < 4.78 is 4.90. The highest BCUT2D eigenvalue weighted by atomic mass is 32.2. The first-order valence-electron chi connectivity index (χ1n) is 5.99. The van der Waals surface area contributed by atoms with Gasteiger partial charge >= 0.3 is 5.97 Å². The van der Waals surface area contributed by atoms with Crippen molar-refractivity contribution in [3.05, 3.63) is 22.9 Å². The number of carbonyl (C=O) groups excluding carboxylic acids is 2. The number of aryl methyl sites for hydroxylation is 1. The topological polar surface area (TPSA) is 106 Å². The minimum absolute atomic E-state index is 0.204. The van der Waals surface area contributed by atoms with Crippen LogP contribution >= 0.6 is 11.8 Å². The van der Waals surface area contributed by atoms with Crippen molar-refractivity contribution in [2.45, 2.75) is 25.3 Å². The number of nitrogens with two attached hydrogens (primary N) is 1. The summed E-state index contributed by atoms with van der Waals surface area (Å²) in [5, 5.41) is 9.59. The molecule has 0 saturated heterocycles. The van der Waals surface area contributed by atoms with Crippen molar-refractivity contribution in [2.24, 2.45) is 5.73 Å². The number of pyridine rings is 1. The van der Waals surface area contributed by atoms with Crippen LogP contribution in [0, 0.1) is 18.3 Å². The molecule has 6 nitrogen and oxygen atoms in total. The maximum atomic E-state index is 11.7. The van der Waals surface area contributed by atoms with Gasteiger partial charge in [-0.2, -0.15) is 5.26 Å². The van der Waals surface area contributed by atoms with Gasteiger partial charge in [0.15, 0.2) is 0 Å². The second-order valence-corrected chi connectivity index (χ2v) is 4.95. The van der Waals surface area contributed by atoms with Crippen LogP contribution in [-0.2, 0) is 9.53 Å². The average molecular weight is 293 g/mol. The van der Waals surface area contributed by atoms with Crippen LogP contribution in [0.5, 0.6) is 0 Å². The fraction of sp³-hybridized carbons (Fsp3) is 0.385. The monoisotopic (exact) mass is 293 g/mol. The van der Waals surface area contributed by atoms with Crippen LogP contribution in [0.2, 0.25) is 0 Å². The van der Waals surface area contributed by atoms with Crippen molar-refractivity contribution >= 4 is 23.6 Å². The van der Waals surface area contributed by atoms with Crippen LogP contribution < -0.4 is 5.73 Å². The molecule has 0 radical (unpaired) electrons. The van der Waals surface area contributed by atoms with Crippen LogP contribution in [0.3, 0.4) is 0 Å². The molecule has 2 N–H and O–H groups in total. The number of nitrogens with zero attached hydrogens (tertiary/aromatic N) is 2. The van der Waals surface area contributed by atoms with E-state index < -0.39 is 11.9 Å². The minimum Gasteiger partial charge on any atom is -0.462 e. The Balaban J connectivity index is 2.98. The van der Waals surface area contributed by atoms with Gasteiger partial charge in [0.25, 0.3) is 0 Å². The van der Waals surface area contributed by atoms with Crippen LogP contribution in [-0.4, -0.2) is 29.2 Å². The van der Waals surface area contributed by atoms with Crippen molar-refractivity contribution in [2.75, 3.05) is 12.4 Å². The predicted octanol–water partition coefficient (Wildman–Crippen LogP) is 1.41. The highest BCUT2D eigenvalue weighted by molar-refractivity contribution is 7.99. The van der Waals surface area contributed by atoms with Gasteiger partial charge in [0.05, 0.1) is 23.4 Å². The smallest absolute Gasteiger partial charge is 0.340 e. The Morgan fingerprint density at radius 1 is 1.55 bits per heavy atom. The molecule has 0 atom stereocenters. The number of primary amides is 1. The van der Waals surface area contributed by atoms with Crippen molar-refractivity contribution in [3.63, 3.8) is 0 Å². The molecule has 0 bridgehead atoms. The molecule has 1 rings (SSSR count). The molecule has 20 heavy (non-hydrogen) atoms. The summed E-state index contributed by atoms with van der Waals surface area (Å²) in [6.45, 7) is 3.64. The first-order chi connectivity index (χ1) is 9.49. The van der Waals surface area contributed by atoms with E-state index in [1.165, 1.54) is 17.8 Å². The molecule has 1 amide bonds. The van der Waals surface area contributed by atoms with E-state index in [1.54, 1.807) is 13.8 Å². The summed E-state index contributed by atoms with van der Waals surface area (Å²) in [5.41, 5.74) is 6.11. The van der Waals surface area contributed by atoms with E-state index in [2.05, 4.69) is 4.98 Å². The number of nitriles is 1. The number of amides is 1. The van der Waals surface area contributed by atoms with Gasteiger partial charge < -0.3 is 10.5 Å². The summed E-state index contributed by atoms with van der Waals surface area (Å²) in [5.74, 6) is -0.464. The summed E-state index contributed by atoms with van der Waals surface area (Å²) in [6.07, 6.45) is 0.204. The largest absolute Gasteiger partial charge is 0.462 e. The molecular weight excluding hydrogens is 278 g/mol. The van der Waals surface area contributed by atoms with Gasteiger partial charge in [-0.3, -0.25) is 4.79 Å². The second-order valence-electron chi connectivity index (χ2n) is 3.87. The third-order valence-corrected chi connectivity index (χ3v) is 3.37. The molecular formula is C13H15N3O3S. The van der Waals surface area contributed by atoms with Gasteiger partial charge in [0.1, 0.15) is 11.1 Å². The number of ether oxygens (including phenoxy) is 1. The van der Waals surface area contributed by atoms with Gasteiger partial charge in [-0.25, -0.2) is 9.78 Å². The van der Waals surface area contributed by atoms with Crippen molar-refractivity contribution in [3.8, 4) is 6.07 Å². The number of thioether (sulfide) groups is 1. The molecule has 0 spiro atoms. The summed E-state index contributed by atoms with van der Waals surface area (Å²) >= 11 is 1.26. The number of hydrogen-bond donors (Lipinski definition) is 1. The van der Waals surface area contributed by atoms with E-state index in [-0.39, 0.29) is 24.2 Å². The highest BCUT2D eigenvalue weighted by Gasteiger charge is 2.16. The average Bonchev–Trinajstić information content (AvgIpc) is 2.38. The van der Waals surface area contributed by atoms with Gasteiger partial charge in [-0.1, -0.05) is 0 Å². The van der Waals surface area contributed by atoms with Gasteiger partial charge in [0, 0.05) is 12.2 Å². The van der Waals surface area contributed by atoms with E-state index in [4.69, 9.17) is 15.7 Å². The molecule has 0 aromatic carbocycles. The zero-order chi connectivity index (χ0) is 15.1. The van der Waals surface area contributed by atoms with E-state index >= 15 is 0 Å². The maximum absolute atomic E-state index is 11.7. The molecule has 1 aromatic rings.